The maximum Gasteiger partial charge on any atom is 0.0663 e. The van der Waals surface area contributed by atoms with Gasteiger partial charge in [-0.1, -0.05) is 30.3 Å². The molecule has 3 heteroatoms. The average molecular weight is 249 g/mol. The second kappa shape index (κ2) is 6.88. The summed E-state index contributed by atoms with van der Waals surface area (Å²) in [7, 11) is 1.78. The monoisotopic (exact) mass is 249 g/mol. The standard InChI is InChI=1S/C15H23NO2/c1-17-13-8-5-9-14(10-13)18-11-15(16)12-6-3-2-4-7-12/h2-4,6-7,13-15H,5,8-11,16H2,1H3. The summed E-state index contributed by atoms with van der Waals surface area (Å²) in [5, 5.41) is 0. The molecule has 0 aromatic heterocycles. The van der Waals surface area contributed by atoms with E-state index < -0.39 is 0 Å². The van der Waals surface area contributed by atoms with Crippen LogP contribution in [0.5, 0.6) is 0 Å². The van der Waals surface area contributed by atoms with E-state index in [1.54, 1.807) is 7.11 Å². The van der Waals surface area contributed by atoms with Gasteiger partial charge < -0.3 is 15.2 Å². The van der Waals surface area contributed by atoms with Crippen molar-refractivity contribution in [1.29, 1.82) is 0 Å². The maximum absolute atomic E-state index is 6.12. The average Bonchev–Trinajstić information content (AvgIpc) is 2.46. The third-order valence-corrected chi connectivity index (χ3v) is 3.65. The third kappa shape index (κ3) is 3.80. The lowest BCUT2D eigenvalue weighted by molar-refractivity contribution is -0.0332. The molecular formula is C15H23NO2. The topological polar surface area (TPSA) is 44.5 Å². The second-order valence-electron chi connectivity index (χ2n) is 5.00. The van der Waals surface area contributed by atoms with E-state index in [-0.39, 0.29) is 6.04 Å². The molecule has 3 nitrogen and oxygen atoms in total. The first kappa shape index (κ1) is 13.5. The highest BCUT2D eigenvalue weighted by atomic mass is 16.5. The van der Waals surface area contributed by atoms with Crippen LogP contribution in [0.2, 0.25) is 0 Å². The molecule has 0 saturated heterocycles. The Morgan fingerprint density at radius 3 is 2.67 bits per heavy atom. The fourth-order valence-electron chi connectivity index (χ4n) is 2.50. The van der Waals surface area contributed by atoms with Crippen LogP contribution in [0.4, 0.5) is 0 Å². The molecule has 100 valence electrons. The van der Waals surface area contributed by atoms with E-state index in [0.717, 1.165) is 24.8 Å². The van der Waals surface area contributed by atoms with E-state index in [2.05, 4.69) is 0 Å². The lowest BCUT2D eigenvalue weighted by Gasteiger charge is -2.29. The van der Waals surface area contributed by atoms with Gasteiger partial charge in [0, 0.05) is 7.11 Å². The summed E-state index contributed by atoms with van der Waals surface area (Å²) < 4.78 is 11.3. The number of nitrogens with two attached hydrogens (primary N) is 1. The smallest absolute Gasteiger partial charge is 0.0663 e. The van der Waals surface area contributed by atoms with Crippen molar-refractivity contribution in [2.24, 2.45) is 5.73 Å². The number of hydrogen-bond donors (Lipinski definition) is 1. The van der Waals surface area contributed by atoms with Gasteiger partial charge in [-0.2, -0.15) is 0 Å². The minimum absolute atomic E-state index is 0.0332. The molecule has 3 atom stereocenters. The number of ether oxygens (including phenoxy) is 2. The molecule has 0 aliphatic heterocycles. The zero-order valence-electron chi connectivity index (χ0n) is 11.0. The van der Waals surface area contributed by atoms with Crippen LogP contribution < -0.4 is 5.73 Å². The first-order valence-corrected chi connectivity index (χ1v) is 6.74. The van der Waals surface area contributed by atoms with Crippen molar-refractivity contribution in [3.63, 3.8) is 0 Å². The maximum atomic E-state index is 6.12. The van der Waals surface area contributed by atoms with Gasteiger partial charge in [-0.3, -0.25) is 0 Å². The van der Waals surface area contributed by atoms with Crippen LogP contribution in [0, 0.1) is 0 Å². The number of rotatable bonds is 5. The molecule has 1 aromatic carbocycles. The summed E-state index contributed by atoms with van der Waals surface area (Å²) in [4.78, 5) is 0. The van der Waals surface area contributed by atoms with Gasteiger partial charge in [0.25, 0.3) is 0 Å². The SMILES string of the molecule is COC1CCCC(OCC(N)c2ccccc2)C1. The van der Waals surface area contributed by atoms with E-state index in [1.165, 1.54) is 6.42 Å². The predicted molar refractivity (Wildman–Crippen MR) is 72.4 cm³/mol. The summed E-state index contributed by atoms with van der Waals surface area (Å²) in [6.07, 6.45) is 5.12. The Kier molecular flexibility index (Phi) is 5.17. The van der Waals surface area contributed by atoms with E-state index in [4.69, 9.17) is 15.2 Å². The minimum atomic E-state index is -0.0332. The minimum Gasteiger partial charge on any atom is -0.381 e. The van der Waals surface area contributed by atoms with Crippen LogP contribution in [0.3, 0.4) is 0 Å². The van der Waals surface area contributed by atoms with Crippen molar-refractivity contribution in [3.05, 3.63) is 35.9 Å². The van der Waals surface area contributed by atoms with Gasteiger partial charge in [-0.05, 0) is 31.2 Å². The van der Waals surface area contributed by atoms with Crippen LogP contribution in [0.1, 0.15) is 37.3 Å². The molecule has 0 heterocycles. The molecule has 1 fully saturated rings. The molecule has 3 unspecified atom stereocenters. The van der Waals surface area contributed by atoms with E-state index >= 15 is 0 Å². The molecule has 2 rings (SSSR count). The molecule has 2 N–H and O–H groups in total. The van der Waals surface area contributed by atoms with E-state index in [1.807, 2.05) is 30.3 Å². The van der Waals surface area contributed by atoms with Gasteiger partial charge in [-0.25, -0.2) is 0 Å². The van der Waals surface area contributed by atoms with Crippen molar-refractivity contribution in [2.45, 2.75) is 43.9 Å². The Hall–Kier alpha value is -0.900. The summed E-state index contributed by atoms with van der Waals surface area (Å²) in [5.41, 5.74) is 7.26. The Balaban J connectivity index is 1.77. The number of benzene rings is 1. The van der Waals surface area contributed by atoms with Crippen LogP contribution in [-0.2, 0) is 9.47 Å². The normalized spacial score (nSPS) is 25.9. The largest absolute Gasteiger partial charge is 0.381 e. The lowest BCUT2D eigenvalue weighted by Crippen LogP contribution is -2.30. The van der Waals surface area contributed by atoms with Crippen LogP contribution >= 0.6 is 0 Å². The Morgan fingerprint density at radius 2 is 1.94 bits per heavy atom. The highest BCUT2D eigenvalue weighted by Crippen LogP contribution is 2.24. The number of methoxy groups -OCH3 is 1. The molecule has 0 spiro atoms. The molecular weight excluding hydrogens is 226 g/mol. The van der Waals surface area contributed by atoms with Gasteiger partial charge in [-0.15, -0.1) is 0 Å². The first-order chi connectivity index (χ1) is 8.79. The van der Waals surface area contributed by atoms with E-state index in [0.29, 0.717) is 18.8 Å². The fraction of sp³-hybridized carbons (Fsp3) is 0.600. The van der Waals surface area contributed by atoms with E-state index in [9.17, 15) is 0 Å². The van der Waals surface area contributed by atoms with Crippen molar-refractivity contribution < 1.29 is 9.47 Å². The summed E-state index contributed by atoms with van der Waals surface area (Å²) in [5.74, 6) is 0. The Bertz CT molecular complexity index is 342. The van der Waals surface area contributed by atoms with Crippen molar-refractivity contribution >= 4 is 0 Å². The number of hydrogen-bond acceptors (Lipinski definition) is 3. The molecule has 1 aliphatic carbocycles. The van der Waals surface area contributed by atoms with Gasteiger partial charge >= 0.3 is 0 Å². The first-order valence-electron chi connectivity index (χ1n) is 6.74. The lowest BCUT2D eigenvalue weighted by atomic mass is 9.95. The Labute approximate surface area is 109 Å². The molecule has 0 bridgehead atoms. The second-order valence-corrected chi connectivity index (χ2v) is 5.00. The molecule has 1 aliphatic rings. The molecule has 18 heavy (non-hydrogen) atoms. The highest BCUT2D eigenvalue weighted by Gasteiger charge is 2.22. The van der Waals surface area contributed by atoms with Crippen LogP contribution in [0.25, 0.3) is 0 Å². The van der Waals surface area contributed by atoms with Crippen molar-refractivity contribution in [3.8, 4) is 0 Å². The molecule has 0 radical (unpaired) electrons. The molecule has 0 amide bonds. The molecule has 1 saturated carbocycles. The third-order valence-electron chi connectivity index (χ3n) is 3.65. The fourth-order valence-corrected chi connectivity index (χ4v) is 2.50. The van der Waals surface area contributed by atoms with Crippen molar-refractivity contribution in [1.82, 2.24) is 0 Å². The van der Waals surface area contributed by atoms with Gasteiger partial charge in [0.2, 0.25) is 0 Å². The van der Waals surface area contributed by atoms with Gasteiger partial charge in [0.1, 0.15) is 0 Å². The summed E-state index contributed by atoms with van der Waals surface area (Å²) in [6, 6.07) is 10.1. The predicted octanol–water partition coefficient (Wildman–Crippen LogP) is 2.66. The Morgan fingerprint density at radius 1 is 1.22 bits per heavy atom. The van der Waals surface area contributed by atoms with Gasteiger partial charge in [0.05, 0.1) is 24.9 Å². The zero-order chi connectivity index (χ0) is 12.8. The van der Waals surface area contributed by atoms with Crippen LogP contribution in [0.15, 0.2) is 30.3 Å². The van der Waals surface area contributed by atoms with Crippen molar-refractivity contribution in [2.75, 3.05) is 13.7 Å². The molecule has 1 aromatic rings. The zero-order valence-corrected chi connectivity index (χ0v) is 11.0. The quantitative estimate of drug-likeness (QED) is 0.872. The van der Waals surface area contributed by atoms with Gasteiger partial charge in [0.15, 0.2) is 0 Å². The highest BCUT2D eigenvalue weighted by molar-refractivity contribution is 5.18. The van der Waals surface area contributed by atoms with Crippen LogP contribution in [-0.4, -0.2) is 25.9 Å². The summed E-state index contributed by atoms with van der Waals surface area (Å²) in [6.45, 7) is 0.588. The summed E-state index contributed by atoms with van der Waals surface area (Å²) >= 11 is 0.